The number of hydrogen-bond acceptors (Lipinski definition) is 1. The van der Waals surface area contributed by atoms with Gasteiger partial charge in [0.15, 0.2) is 5.96 Å². The summed E-state index contributed by atoms with van der Waals surface area (Å²) < 4.78 is 0. The molecule has 0 saturated heterocycles. The molecule has 108 valence electrons. The third-order valence-corrected chi connectivity index (χ3v) is 3.13. The average Bonchev–Trinajstić information content (AvgIpc) is 2.34. The molecule has 0 aromatic heterocycles. The van der Waals surface area contributed by atoms with E-state index in [9.17, 15) is 0 Å². The molecule has 0 heterocycles. The van der Waals surface area contributed by atoms with Gasteiger partial charge in [0, 0.05) is 17.0 Å². The van der Waals surface area contributed by atoms with Crippen molar-refractivity contribution in [1.29, 1.82) is 0 Å². The zero-order valence-electron chi connectivity index (χ0n) is 11.7. The zero-order chi connectivity index (χ0) is 13.6. The van der Waals surface area contributed by atoms with Crippen molar-refractivity contribution in [3.63, 3.8) is 0 Å². The van der Waals surface area contributed by atoms with Crippen molar-refractivity contribution in [3.8, 4) is 0 Å². The molecule has 0 saturated carbocycles. The summed E-state index contributed by atoms with van der Waals surface area (Å²) in [7, 11) is 0. The molecular formula is C14H23ClIN3. The van der Waals surface area contributed by atoms with Crippen LogP contribution in [-0.2, 0) is 5.41 Å². The lowest BCUT2D eigenvalue weighted by Crippen LogP contribution is -2.34. The minimum absolute atomic E-state index is 0. The van der Waals surface area contributed by atoms with Gasteiger partial charge in [-0.3, -0.25) is 4.99 Å². The molecule has 0 fully saturated rings. The van der Waals surface area contributed by atoms with Crippen molar-refractivity contribution >= 4 is 41.5 Å². The minimum Gasteiger partial charge on any atom is -0.370 e. The van der Waals surface area contributed by atoms with Crippen LogP contribution in [0.5, 0.6) is 0 Å². The van der Waals surface area contributed by atoms with Gasteiger partial charge in [0.1, 0.15) is 0 Å². The first-order valence-corrected chi connectivity index (χ1v) is 6.64. The number of halogens is 2. The van der Waals surface area contributed by atoms with E-state index in [-0.39, 0.29) is 29.4 Å². The lowest BCUT2D eigenvalue weighted by molar-refractivity contribution is 0.539. The minimum atomic E-state index is -0.128. The van der Waals surface area contributed by atoms with Gasteiger partial charge in [0.05, 0.1) is 6.54 Å². The van der Waals surface area contributed by atoms with Gasteiger partial charge in [0.2, 0.25) is 0 Å². The highest BCUT2D eigenvalue weighted by molar-refractivity contribution is 14.0. The van der Waals surface area contributed by atoms with Gasteiger partial charge < -0.3 is 11.1 Å². The summed E-state index contributed by atoms with van der Waals surface area (Å²) in [6.45, 7) is 7.78. The van der Waals surface area contributed by atoms with Crippen LogP contribution in [0, 0.1) is 0 Å². The molecule has 0 amide bonds. The Hall–Kier alpha value is -0.490. The molecule has 0 aliphatic rings. The number of guanidine groups is 1. The molecule has 0 aliphatic carbocycles. The maximum atomic E-state index is 6.21. The monoisotopic (exact) mass is 395 g/mol. The van der Waals surface area contributed by atoms with Crippen molar-refractivity contribution in [2.45, 2.75) is 32.6 Å². The van der Waals surface area contributed by atoms with E-state index in [1.807, 2.05) is 24.3 Å². The molecule has 3 N–H and O–H groups in total. The fourth-order valence-corrected chi connectivity index (χ4v) is 2.08. The second kappa shape index (κ2) is 8.64. The molecule has 0 spiro atoms. The summed E-state index contributed by atoms with van der Waals surface area (Å²) >= 11 is 6.21. The van der Waals surface area contributed by atoms with E-state index in [0.29, 0.717) is 12.5 Å². The highest BCUT2D eigenvalue weighted by atomic mass is 127. The molecular weight excluding hydrogens is 373 g/mol. The molecule has 1 aromatic carbocycles. The van der Waals surface area contributed by atoms with Gasteiger partial charge in [-0.25, -0.2) is 0 Å². The van der Waals surface area contributed by atoms with Crippen LogP contribution in [0.2, 0.25) is 5.02 Å². The van der Waals surface area contributed by atoms with E-state index < -0.39 is 0 Å². The van der Waals surface area contributed by atoms with Crippen molar-refractivity contribution in [2.75, 3.05) is 13.1 Å². The van der Waals surface area contributed by atoms with Crippen molar-refractivity contribution in [2.24, 2.45) is 10.7 Å². The molecule has 1 rings (SSSR count). The summed E-state index contributed by atoms with van der Waals surface area (Å²) in [6, 6.07) is 7.86. The van der Waals surface area contributed by atoms with Crippen LogP contribution in [0.25, 0.3) is 0 Å². The summed E-state index contributed by atoms with van der Waals surface area (Å²) in [5, 5.41) is 3.84. The Balaban J connectivity index is 0.00000324. The Bertz CT molecular complexity index is 419. The zero-order valence-corrected chi connectivity index (χ0v) is 14.8. The van der Waals surface area contributed by atoms with Crippen molar-refractivity contribution in [1.82, 2.24) is 5.32 Å². The summed E-state index contributed by atoms with van der Waals surface area (Å²) in [4.78, 5) is 4.38. The lowest BCUT2D eigenvalue weighted by atomic mass is 9.85. The van der Waals surface area contributed by atoms with E-state index in [4.69, 9.17) is 17.3 Å². The van der Waals surface area contributed by atoms with Crippen LogP contribution in [0.4, 0.5) is 0 Å². The van der Waals surface area contributed by atoms with E-state index in [0.717, 1.165) is 23.6 Å². The molecule has 0 atom stereocenters. The van der Waals surface area contributed by atoms with Crippen LogP contribution in [0.15, 0.2) is 29.3 Å². The SMILES string of the molecule is CCCNC(N)=NCC(C)(C)c1ccccc1Cl.I. The van der Waals surface area contributed by atoms with Crippen LogP contribution < -0.4 is 11.1 Å². The maximum Gasteiger partial charge on any atom is 0.188 e. The van der Waals surface area contributed by atoms with Crippen molar-refractivity contribution < 1.29 is 0 Å². The fraction of sp³-hybridized carbons (Fsp3) is 0.500. The van der Waals surface area contributed by atoms with Crippen LogP contribution in [0.1, 0.15) is 32.8 Å². The van der Waals surface area contributed by atoms with E-state index in [1.54, 1.807) is 0 Å². The topological polar surface area (TPSA) is 50.4 Å². The third kappa shape index (κ3) is 5.99. The number of aliphatic imine (C=N–C) groups is 1. The van der Waals surface area contributed by atoms with Gasteiger partial charge in [-0.05, 0) is 18.1 Å². The Morgan fingerprint density at radius 3 is 2.58 bits per heavy atom. The van der Waals surface area contributed by atoms with Gasteiger partial charge >= 0.3 is 0 Å². The smallest absolute Gasteiger partial charge is 0.188 e. The highest BCUT2D eigenvalue weighted by Crippen LogP contribution is 2.29. The predicted molar refractivity (Wildman–Crippen MR) is 94.7 cm³/mol. The predicted octanol–water partition coefficient (Wildman–Crippen LogP) is 3.55. The quantitative estimate of drug-likeness (QED) is 0.455. The number of benzene rings is 1. The summed E-state index contributed by atoms with van der Waals surface area (Å²) in [6.07, 6.45) is 1.03. The number of nitrogens with one attached hydrogen (secondary N) is 1. The Morgan fingerprint density at radius 2 is 2.00 bits per heavy atom. The van der Waals surface area contributed by atoms with E-state index in [2.05, 4.69) is 31.1 Å². The molecule has 0 bridgehead atoms. The number of hydrogen-bond donors (Lipinski definition) is 2. The normalized spacial score (nSPS) is 11.9. The Morgan fingerprint density at radius 1 is 1.37 bits per heavy atom. The molecule has 0 aliphatic heterocycles. The van der Waals surface area contributed by atoms with Crippen molar-refractivity contribution in [3.05, 3.63) is 34.9 Å². The molecule has 19 heavy (non-hydrogen) atoms. The first-order valence-electron chi connectivity index (χ1n) is 6.26. The second-order valence-electron chi connectivity index (χ2n) is 4.99. The third-order valence-electron chi connectivity index (χ3n) is 2.80. The first-order chi connectivity index (χ1) is 8.47. The summed E-state index contributed by atoms with van der Waals surface area (Å²) in [5.74, 6) is 0.497. The van der Waals surface area contributed by atoms with E-state index in [1.165, 1.54) is 0 Å². The van der Waals surface area contributed by atoms with Gasteiger partial charge in [-0.2, -0.15) is 0 Å². The Labute approximate surface area is 138 Å². The second-order valence-corrected chi connectivity index (χ2v) is 5.40. The fourth-order valence-electron chi connectivity index (χ4n) is 1.69. The van der Waals surface area contributed by atoms with Gasteiger partial charge in [0.25, 0.3) is 0 Å². The summed E-state index contributed by atoms with van der Waals surface area (Å²) in [5.41, 5.74) is 6.76. The molecule has 5 heteroatoms. The van der Waals surface area contributed by atoms with Crippen LogP contribution in [-0.4, -0.2) is 19.0 Å². The molecule has 1 aromatic rings. The molecule has 3 nitrogen and oxygen atoms in total. The highest BCUT2D eigenvalue weighted by Gasteiger charge is 2.22. The lowest BCUT2D eigenvalue weighted by Gasteiger charge is -2.24. The van der Waals surface area contributed by atoms with Gasteiger partial charge in [-0.1, -0.05) is 50.6 Å². The molecule has 0 radical (unpaired) electrons. The van der Waals surface area contributed by atoms with Crippen LogP contribution in [0.3, 0.4) is 0 Å². The number of nitrogens with two attached hydrogens (primary N) is 1. The largest absolute Gasteiger partial charge is 0.370 e. The van der Waals surface area contributed by atoms with Gasteiger partial charge in [-0.15, -0.1) is 24.0 Å². The maximum absolute atomic E-state index is 6.21. The first kappa shape index (κ1) is 18.5. The Kier molecular flexibility index (Phi) is 8.41. The number of rotatable bonds is 5. The average molecular weight is 396 g/mol. The standard InChI is InChI=1S/C14H22ClN3.HI/c1-4-9-17-13(16)18-10-14(2,3)11-7-5-6-8-12(11)15;/h5-8H,4,9-10H2,1-3H3,(H3,16,17,18);1H. The van der Waals surface area contributed by atoms with Crippen LogP contribution >= 0.6 is 35.6 Å². The van der Waals surface area contributed by atoms with E-state index >= 15 is 0 Å². The number of nitrogens with zero attached hydrogens (tertiary/aromatic N) is 1. The molecule has 0 unspecified atom stereocenters.